The topological polar surface area (TPSA) is 47.9 Å². The molecule has 0 aliphatic heterocycles. The summed E-state index contributed by atoms with van der Waals surface area (Å²) in [5.41, 5.74) is 2.21. The summed E-state index contributed by atoms with van der Waals surface area (Å²) in [4.78, 5) is 0. The van der Waals surface area contributed by atoms with E-state index >= 15 is 0 Å². The summed E-state index contributed by atoms with van der Waals surface area (Å²) in [6, 6.07) is 0.701. The van der Waals surface area contributed by atoms with Gasteiger partial charge in [-0.3, -0.25) is 0 Å². The Labute approximate surface area is 201 Å². The lowest BCUT2D eigenvalue weighted by atomic mass is 9.88. The average molecular weight is 448 g/mol. The molecule has 0 heterocycles. The fraction of sp³-hybridized carbons (Fsp3) is 0.828. The average Bonchev–Trinajstić information content (AvgIpc) is 2.76. The van der Waals surface area contributed by atoms with Crippen LogP contribution in [0.15, 0.2) is 23.9 Å². The lowest BCUT2D eigenvalue weighted by Crippen LogP contribution is -2.27. The molecule has 0 spiro atoms. The number of hydrogen-bond donors (Lipinski definition) is 3. The summed E-state index contributed by atoms with van der Waals surface area (Å²) in [7, 11) is 2.14. The normalized spacial score (nSPS) is 16.8. The van der Waals surface area contributed by atoms with E-state index in [1.807, 2.05) is 13.1 Å². The predicted octanol–water partition coefficient (Wildman–Crippen LogP) is 8.13. The van der Waals surface area contributed by atoms with Crippen LogP contribution in [0.25, 0.3) is 0 Å². The first-order chi connectivity index (χ1) is 15.2. The van der Waals surface area contributed by atoms with E-state index in [2.05, 4.69) is 58.9 Å². The van der Waals surface area contributed by atoms with Gasteiger partial charge in [-0.05, 0) is 62.5 Å². The van der Waals surface area contributed by atoms with Gasteiger partial charge in [-0.25, -0.2) is 0 Å². The second-order valence-electron chi connectivity index (χ2n) is 10.7. The van der Waals surface area contributed by atoms with Gasteiger partial charge >= 0.3 is 0 Å². The molecule has 0 aliphatic rings. The Balaban J connectivity index is 3.92. The summed E-state index contributed by atoms with van der Waals surface area (Å²) in [6.07, 6.45) is 18.0. The first-order valence-electron chi connectivity index (χ1n) is 13.5. The van der Waals surface area contributed by atoms with Crippen molar-refractivity contribution in [3.8, 4) is 0 Å². The van der Waals surface area contributed by atoms with Crippen molar-refractivity contribution >= 4 is 6.21 Å². The van der Waals surface area contributed by atoms with Gasteiger partial charge in [0.05, 0.1) is 0 Å². The van der Waals surface area contributed by atoms with Crippen LogP contribution in [-0.2, 0) is 0 Å². The van der Waals surface area contributed by atoms with Crippen molar-refractivity contribution in [2.24, 2.45) is 23.7 Å². The molecule has 0 fully saturated rings. The molecule has 0 aromatic rings. The minimum absolute atomic E-state index is 0.553. The fourth-order valence-corrected chi connectivity index (χ4v) is 4.59. The highest BCUT2D eigenvalue weighted by molar-refractivity contribution is 5.74. The Morgan fingerprint density at radius 3 is 2.03 bits per heavy atom. The molecular weight excluding hydrogens is 390 g/mol. The molecule has 5 atom stereocenters. The molecule has 0 amide bonds. The summed E-state index contributed by atoms with van der Waals surface area (Å²) >= 11 is 0. The monoisotopic (exact) mass is 447 g/mol. The molecule has 3 nitrogen and oxygen atoms in total. The van der Waals surface area contributed by atoms with E-state index in [4.69, 9.17) is 5.41 Å². The third-order valence-electron chi connectivity index (χ3n) is 7.20. The zero-order chi connectivity index (χ0) is 24.4. The van der Waals surface area contributed by atoms with Gasteiger partial charge in [-0.15, -0.1) is 0 Å². The number of hydrogen-bond acceptors (Lipinski definition) is 3. The van der Waals surface area contributed by atoms with Crippen molar-refractivity contribution in [3.63, 3.8) is 0 Å². The molecule has 0 bridgehead atoms. The molecule has 0 aromatic heterocycles. The van der Waals surface area contributed by atoms with Crippen LogP contribution < -0.4 is 10.6 Å². The van der Waals surface area contributed by atoms with Gasteiger partial charge in [0.1, 0.15) is 0 Å². The standard InChI is InChI=1S/C29H57N3/c1-9-12-25(4)19-29(31-8)16-11-15-23(2)13-10-14-24(3)17-18-27(6)28(7)22-32-21-26(5)20-30/h20-21,23-25,27,29-32H,7,9-19,22H2,1-6,8H3/b26-21-,30-20?. The third-order valence-corrected chi connectivity index (χ3v) is 7.20. The summed E-state index contributed by atoms with van der Waals surface area (Å²) in [6.45, 7) is 18.9. The van der Waals surface area contributed by atoms with E-state index in [1.165, 1.54) is 82.4 Å². The zero-order valence-electron chi connectivity index (χ0n) is 22.7. The van der Waals surface area contributed by atoms with Crippen LogP contribution in [0.4, 0.5) is 0 Å². The first-order valence-corrected chi connectivity index (χ1v) is 13.5. The van der Waals surface area contributed by atoms with Crippen LogP contribution >= 0.6 is 0 Å². The lowest BCUT2D eigenvalue weighted by molar-refractivity contribution is 0.352. The van der Waals surface area contributed by atoms with Crippen LogP contribution in [0.1, 0.15) is 112 Å². The van der Waals surface area contributed by atoms with Gasteiger partial charge in [0.2, 0.25) is 0 Å². The Morgan fingerprint density at radius 2 is 1.47 bits per heavy atom. The maximum absolute atomic E-state index is 7.21. The SMILES string of the molecule is C=C(CN/C=C(/C)C=N)C(C)CCC(C)CCCC(C)CCCC(CC(C)CCC)NC. The Bertz CT molecular complexity index is 511. The molecule has 0 aliphatic carbocycles. The van der Waals surface area contributed by atoms with Gasteiger partial charge in [0.25, 0.3) is 0 Å². The van der Waals surface area contributed by atoms with Crippen molar-refractivity contribution in [2.75, 3.05) is 13.6 Å². The maximum Gasteiger partial charge on any atom is 0.0354 e. The quantitative estimate of drug-likeness (QED) is 0.123. The van der Waals surface area contributed by atoms with E-state index < -0.39 is 0 Å². The van der Waals surface area contributed by atoms with Gasteiger partial charge in [0.15, 0.2) is 0 Å². The molecule has 0 radical (unpaired) electrons. The molecule has 32 heavy (non-hydrogen) atoms. The molecule has 0 saturated heterocycles. The highest BCUT2D eigenvalue weighted by atomic mass is 14.9. The van der Waals surface area contributed by atoms with Crippen LogP contribution in [0.5, 0.6) is 0 Å². The van der Waals surface area contributed by atoms with Crippen molar-refractivity contribution in [2.45, 2.75) is 118 Å². The van der Waals surface area contributed by atoms with Crippen LogP contribution in [0.2, 0.25) is 0 Å². The first kappa shape index (κ1) is 30.9. The number of nitrogens with one attached hydrogen (secondary N) is 3. The maximum atomic E-state index is 7.21. The highest BCUT2D eigenvalue weighted by Crippen LogP contribution is 2.24. The molecule has 188 valence electrons. The van der Waals surface area contributed by atoms with E-state index in [0.717, 1.165) is 29.9 Å². The van der Waals surface area contributed by atoms with E-state index in [9.17, 15) is 0 Å². The van der Waals surface area contributed by atoms with E-state index in [1.54, 1.807) is 0 Å². The molecule has 0 aromatic carbocycles. The second kappa shape index (κ2) is 19.4. The van der Waals surface area contributed by atoms with Crippen LogP contribution in [0, 0.1) is 29.1 Å². The van der Waals surface area contributed by atoms with Gasteiger partial charge in [-0.1, -0.05) is 98.1 Å². The minimum Gasteiger partial charge on any atom is -0.387 e. The minimum atomic E-state index is 0.553. The molecule has 3 N–H and O–H groups in total. The Kier molecular flexibility index (Phi) is 18.7. The second-order valence-corrected chi connectivity index (χ2v) is 10.7. The molecule has 0 rings (SSSR count). The van der Waals surface area contributed by atoms with E-state index in [0.29, 0.717) is 12.0 Å². The van der Waals surface area contributed by atoms with Crippen LogP contribution in [0.3, 0.4) is 0 Å². The molecule has 3 heteroatoms. The summed E-state index contributed by atoms with van der Waals surface area (Å²) in [5, 5.41) is 14.0. The Hall–Kier alpha value is -1.09. The molecular formula is C29H57N3. The molecule has 5 unspecified atom stereocenters. The summed E-state index contributed by atoms with van der Waals surface area (Å²) < 4.78 is 0. The predicted molar refractivity (Wildman–Crippen MR) is 146 cm³/mol. The fourth-order valence-electron chi connectivity index (χ4n) is 4.59. The smallest absolute Gasteiger partial charge is 0.0354 e. The van der Waals surface area contributed by atoms with Crippen molar-refractivity contribution in [1.29, 1.82) is 5.41 Å². The Morgan fingerprint density at radius 1 is 0.875 bits per heavy atom. The van der Waals surface area contributed by atoms with Crippen molar-refractivity contribution in [1.82, 2.24) is 10.6 Å². The largest absolute Gasteiger partial charge is 0.387 e. The number of allylic oxidation sites excluding steroid dienone is 1. The van der Waals surface area contributed by atoms with Gasteiger partial charge in [0, 0.05) is 25.0 Å². The lowest BCUT2D eigenvalue weighted by Gasteiger charge is -2.21. The molecule has 0 saturated carbocycles. The third kappa shape index (κ3) is 16.5. The van der Waals surface area contributed by atoms with Crippen LogP contribution in [-0.4, -0.2) is 25.8 Å². The van der Waals surface area contributed by atoms with Crippen molar-refractivity contribution in [3.05, 3.63) is 23.9 Å². The van der Waals surface area contributed by atoms with Crippen molar-refractivity contribution < 1.29 is 0 Å². The highest BCUT2D eigenvalue weighted by Gasteiger charge is 2.13. The van der Waals surface area contributed by atoms with E-state index in [-0.39, 0.29) is 0 Å². The summed E-state index contributed by atoms with van der Waals surface area (Å²) in [5.74, 6) is 3.06. The van der Waals surface area contributed by atoms with Gasteiger partial charge in [-0.2, -0.15) is 0 Å². The number of rotatable bonds is 21. The zero-order valence-corrected chi connectivity index (χ0v) is 22.7. The van der Waals surface area contributed by atoms with Gasteiger partial charge < -0.3 is 16.0 Å².